The molecule has 0 saturated heterocycles. The van der Waals surface area contributed by atoms with E-state index in [1.165, 1.54) is 19.3 Å². The highest BCUT2D eigenvalue weighted by Crippen LogP contribution is 2.38. The number of rotatable bonds is 2. The van der Waals surface area contributed by atoms with Gasteiger partial charge in [-0.05, 0) is 35.8 Å². The number of halogens is 1. The summed E-state index contributed by atoms with van der Waals surface area (Å²) < 4.78 is 0. The monoisotopic (exact) mass is 274 g/mol. The average Bonchev–Trinajstić information content (AvgIpc) is 2.48. The topological polar surface area (TPSA) is 20.2 Å². The van der Waals surface area contributed by atoms with Crippen molar-refractivity contribution in [3.05, 3.63) is 47.0 Å². The van der Waals surface area contributed by atoms with Crippen LogP contribution in [0.2, 0.25) is 5.02 Å². The number of benzene rings is 2. The van der Waals surface area contributed by atoms with Gasteiger partial charge >= 0.3 is 0 Å². The molecule has 1 fully saturated rings. The highest BCUT2D eigenvalue weighted by atomic mass is 35.5. The van der Waals surface area contributed by atoms with Gasteiger partial charge in [-0.1, -0.05) is 61.2 Å². The first-order chi connectivity index (χ1) is 9.27. The first-order valence-corrected chi connectivity index (χ1v) is 7.50. The lowest BCUT2D eigenvalue weighted by Gasteiger charge is -2.27. The second-order valence-corrected chi connectivity index (χ2v) is 5.93. The number of aliphatic hydroxyl groups is 1. The molecule has 0 radical (unpaired) electrons. The van der Waals surface area contributed by atoms with Gasteiger partial charge in [0.25, 0.3) is 0 Å². The third-order valence-corrected chi connectivity index (χ3v) is 4.65. The van der Waals surface area contributed by atoms with Crippen LogP contribution in [-0.2, 0) is 0 Å². The molecule has 0 aliphatic heterocycles. The zero-order valence-corrected chi connectivity index (χ0v) is 11.7. The van der Waals surface area contributed by atoms with Crippen LogP contribution in [-0.4, -0.2) is 5.11 Å². The van der Waals surface area contributed by atoms with Crippen LogP contribution >= 0.6 is 11.6 Å². The Morgan fingerprint density at radius 2 is 1.63 bits per heavy atom. The SMILES string of the molecule is OC(c1ccc(Cl)c2ccccc12)C1CCCCC1. The Morgan fingerprint density at radius 1 is 0.947 bits per heavy atom. The summed E-state index contributed by atoms with van der Waals surface area (Å²) in [5.74, 6) is 0.401. The molecule has 0 aromatic heterocycles. The molecule has 0 bridgehead atoms. The molecule has 1 nitrogen and oxygen atoms in total. The predicted octanol–water partition coefficient (Wildman–Crippen LogP) is 5.11. The van der Waals surface area contributed by atoms with Crippen molar-refractivity contribution in [1.29, 1.82) is 0 Å². The van der Waals surface area contributed by atoms with Gasteiger partial charge in [0.15, 0.2) is 0 Å². The Kier molecular flexibility index (Phi) is 3.76. The second-order valence-electron chi connectivity index (χ2n) is 5.53. The zero-order valence-electron chi connectivity index (χ0n) is 11.0. The minimum atomic E-state index is -0.359. The summed E-state index contributed by atoms with van der Waals surface area (Å²) in [5.41, 5.74) is 1.03. The summed E-state index contributed by atoms with van der Waals surface area (Å²) in [6, 6.07) is 12.0. The summed E-state index contributed by atoms with van der Waals surface area (Å²) in [4.78, 5) is 0. The van der Waals surface area contributed by atoms with Crippen molar-refractivity contribution >= 4 is 22.4 Å². The van der Waals surface area contributed by atoms with Gasteiger partial charge in [0.05, 0.1) is 6.10 Å². The highest BCUT2D eigenvalue weighted by Gasteiger charge is 2.24. The maximum absolute atomic E-state index is 10.7. The fourth-order valence-electron chi connectivity index (χ4n) is 3.25. The third-order valence-electron chi connectivity index (χ3n) is 4.32. The molecular formula is C17H19ClO. The van der Waals surface area contributed by atoms with Crippen molar-refractivity contribution in [2.75, 3.05) is 0 Å². The molecule has 1 aliphatic rings. The van der Waals surface area contributed by atoms with Gasteiger partial charge in [-0.25, -0.2) is 0 Å². The van der Waals surface area contributed by atoms with Crippen LogP contribution in [0.1, 0.15) is 43.8 Å². The van der Waals surface area contributed by atoms with Gasteiger partial charge in [-0.3, -0.25) is 0 Å². The van der Waals surface area contributed by atoms with Crippen LogP contribution in [0.25, 0.3) is 10.8 Å². The largest absolute Gasteiger partial charge is 0.388 e. The molecule has 100 valence electrons. The van der Waals surface area contributed by atoms with Crippen LogP contribution in [0, 0.1) is 5.92 Å². The van der Waals surface area contributed by atoms with E-state index in [0.717, 1.165) is 34.2 Å². The number of fused-ring (bicyclic) bond motifs is 1. The van der Waals surface area contributed by atoms with Gasteiger partial charge < -0.3 is 5.11 Å². The van der Waals surface area contributed by atoms with Crippen molar-refractivity contribution in [3.63, 3.8) is 0 Å². The second kappa shape index (κ2) is 5.52. The maximum atomic E-state index is 10.7. The van der Waals surface area contributed by atoms with Gasteiger partial charge in [0, 0.05) is 10.4 Å². The molecule has 1 atom stereocenters. The van der Waals surface area contributed by atoms with Crippen LogP contribution < -0.4 is 0 Å². The lowest BCUT2D eigenvalue weighted by Crippen LogP contribution is -2.16. The highest BCUT2D eigenvalue weighted by molar-refractivity contribution is 6.35. The van der Waals surface area contributed by atoms with Crippen molar-refractivity contribution in [3.8, 4) is 0 Å². The smallest absolute Gasteiger partial charge is 0.0824 e. The number of aliphatic hydroxyl groups excluding tert-OH is 1. The Bertz CT molecular complexity index is 572. The van der Waals surface area contributed by atoms with E-state index in [9.17, 15) is 5.11 Å². The summed E-state index contributed by atoms with van der Waals surface area (Å²) in [5, 5.41) is 13.6. The fraction of sp³-hybridized carbons (Fsp3) is 0.412. The predicted molar refractivity (Wildman–Crippen MR) is 80.5 cm³/mol. The molecule has 2 aromatic rings. The zero-order chi connectivity index (χ0) is 13.2. The minimum Gasteiger partial charge on any atom is -0.388 e. The summed E-state index contributed by atoms with van der Waals surface area (Å²) in [6.45, 7) is 0. The van der Waals surface area contributed by atoms with E-state index in [1.807, 2.05) is 30.3 Å². The summed E-state index contributed by atoms with van der Waals surface area (Å²) in [6.07, 6.45) is 5.71. The van der Waals surface area contributed by atoms with E-state index in [-0.39, 0.29) is 6.10 Å². The van der Waals surface area contributed by atoms with Crippen molar-refractivity contribution in [2.24, 2.45) is 5.92 Å². The Labute approximate surface area is 119 Å². The minimum absolute atomic E-state index is 0.359. The Balaban J connectivity index is 2.02. The summed E-state index contributed by atoms with van der Waals surface area (Å²) in [7, 11) is 0. The molecule has 19 heavy (non-hydrogen) atoms. The van der Waals surface area contributed by atoms with Gasteiger partial charge in [-0.2, -0.15) is 0 Å². The molecule has 0 heterocycles. The number of hydrogen-bond donors (Lipinski definition) is 1. The van der Waals surface area contributed by atoms with Gasteiger partial charge in [0.2, 0.25) is 0 Å². The van der Waals surface area contributed by atoms with E-state index in [2.05, 4.69) is 6.07 Å². The maximum Gasteiger partial charge on any atom is 0.0824 e. The molecule has 0 spiro atoms. The van der Waals surface area contributed by atoms with Gasteiger partial charge in [-0.15, -0.1) is 0 Å². The van der Waals surface area contributed by atoms with Crippen LogP contribution in [0.5, 0.6) is 0 Å². The summed E-state index contributed by atoms with van der Waals surface area (Å²) >= 11 is 6.24. The van der Waals surface area contributed by atoms with Crippen LogP contribution in [0.15, 0.2) is 36.4 Å². The van der Waals surface area contributed by atoms with Crippen LogP contribution in [0.4, 0.5) is 0 Å². The standard InChI is InChI=1S/C17H19ClO/c18-16-11-10-15(13-8-4-5-9-14(13)16)17(19)12-6-2-1-3-7-12/h4-5,8-12,17,19H,1-3,6-7H2. The van der Waals surface area contributed by atoms with Crippen molar-refractivity contribution < 1.29 is 5.11 Å². The lowest BCUT2D eigenvalue weighted by molar-refractivity contribution is 0.0861. The molecule has 1 unspecified atom stereocenters. The van der Waals surface area contributed by atoms with E-state index < -0.39 is 0 Å². The van der Waals surface area contributed by atoms with E-state index in [1.54, 1.807) is 0 Å². The Morgan fingerprint density at radius 3 is 2.37 bits per heavy atom. The molecule has 2 aromatic carbocycles. The fourth-order valence-corrected chi connectivity index (χ4v) is 3.48. The molecular weight excluding hydrogens is 256 g/mol. The van der Waals surface area contributed by atoms with E-state index in [4.69, 9.17) is 11.6 Å². The molecule has 2 heteroatoms. The quantitative estimate of drug-likeness (QED) is 0.807. The first-order valence-electron chi connectivity index (χ1n) is 7.12. The van der Waals surface area contributed by atoms with E-state index >= 15 is 0 Å². The third kappa shape index (κ3) is 2.50. The lowest BCUT2D eigenvalue weighted by atomic mass is 9.81. The molecule has 1 aliphatic carbocycles. The van der Waals surface area contributed by atoms with Crippen molar-refractivity contribution in [2.45, 2.75) is 38.2 Å². The molecule has 1 saturated carbocycles. The van der Waals surface area contributed by atoms with Crippen LogP contribution in [0.3, 0.4) is 0 Å². The molecule has 0 amide bonds. The first kappa shape index (κ1) is 13.0. The number of hydrogen-bond acceptors (Lipinski definition) is 1. The van der Waals surface area contributed by atoms with Crippen molar-refractivity contribution in [1.82, 2.24) is 0 Å². The molecule has 3 rings (SSSR count). The average molecular weight is 275 g/mol. The molecule has 1 N–H and O–H groups in total. The van der Waals surface area contributed by atoms with Gasteiger partial charge in [0.1, 0.15) is 0 Å². The normalized spacial score (nSPS) is 18.6. The van der Waals surface area contributed by atoms with E-state index in [0.29, 0.717) is 5.92 Å². The Hall–Kier alpha value is -1.05.